The van der Waals surface area contributed by atoms with Crippen LogP contribution in [0.5, 0.6) is 11.5 Å². The lowest BCUT2D eigenvalue weighted by Gasteiger charge is -2.09. The van der Waals surface area contributed by atoms with Crippen LogP contribution >= 0.6 is 27.5 Å². The number of ether oxygens (including phenoxy) is 3. The maximum Gasteiger partial charge on any atom is 0.331 e. The Hall–Kier alpha value is -2.51. The zero-order valence-electron chi connectivity index (χ0n) is 15.3. The fraction of sp³-hybridized carbons (Fsp3) is 0.200. The van der Waals surface area contributed by atoms with Gasteiger partial charge < -0.3 is 19.5 Å². The van der Waals surface area contributed by atoms with E-state index in [4.69, 9.17) is 25.8 Å². The van der Waals surface area contributed by atoms with Gasteiger partial charge in [-0.1, -0.05) is 33.6 Å². The molecule has 148 valence electrons. The van der Waals surface area contributed by atoms with Crippen LogP contribution < -0.4 is 14.8 Å². The minimum atomic E-state index is -0.648. The van der Waals surface area contributed by atoms with Crippen LogP contribution in [0.4, 0.5) is 5.69 Å². The molecule has 0 radical (unpaired) electrons. The van der Waals surface area contributed by atoms with Gasteiger partial charge in [0.2, 0.25) is 0 Å². The quantitative estimate of drug-likeness (QED) is 0.449. The largest absolute Gasteiger partial charge is 0.493 e. The number of hydrogen-bond donors (Lipinski definition) is 1. The van der Waals surface area contributed by atoms with Gasteiger partial charge in [0.1, 0.15) is 0 Å². The molecule has 8 heteroatoms. The molecule has 6 nitrogen and oxygen atoms in total. The van der Waals surface area contributed by atoms with Crippen molar-refractivity contribution in [1.29, 1.82) is 0 Å². The Morgan fingerprint density at radius 1 is 1.18 bits per heavy atom. The molecular weight excluding hydrogens is 450 g/mol. The molecule has 0 atom stereocenters. The van der Waals surface area contributed by atoms with E-state index >= 15 is 0 Å². The van der Waals surface area contributed by atoms with Crippen molar-refractivity contribution in [1.82, 2.24) is 0 Å². The monoisotopic (exact) mass is 467 g/mol. The molecule has 2 aromatic rings. The lowest BCUT2D eigenvalue weighted by molar-refractivity contribution is -0.142. The first-order valence-corrected chi connectivity index (χ1v) is 9.50. The van der Waals surface area contributed by atoms with E-state index < -0.39 is 18.5 Å². The van der Waals surface area contributed by atoms with Crippen LogP contribution in [0.25, 0.3) is 6.08 Å². The number of carbonyl (C=O) groups excluding carboxylic acids is 2. The van der Waals surface area contributed by atoms with E-state index in [9.17, 15) is 9.59 Å². The highest BCUT2D eigenvalue weighted by atomic mass is 79.9. The molecule has 28 heavy (non-hydrogen) atoms. The SMILES string of the molecule is CCOc1ccc(/C=C/C(=O)OCC(=O)Nc2ccc(Br)cc2Cl)cc1OC. The number of anilines is 1. The number of amides is 1. The average molecular weight is 469 g/mol. The Morgan fingerprint density at radius 2 is 1.96 bits per heavy atom. The van der Waals surface area contributed by atoms with Crippen LogP contribution in [0.1, 0.15) is 12.5 Å². The van der Waals surface area contributed by atoms with E-state index in [1.54, 1.807) is 42.5 Å². The minimum absolute atomic E-state index is 0.374. The van der Waals surface area contributed by atoms with Crippen LogP contribution in [0, 0.1) is 0 Å². The molecule has 2 rings (SSSR count). The summed E-state index contributed by atoms with van der Waals surface area (Å²) in [5.74, 6) is 0.0368. The predicted octanol–water partition coefficient (Wildman–Crippen LogP) is 4.70. The van der Waals surface area contributed by atoms with E-state index in [2.05, 4.69) is 21.2 Å². The summed E-state index contributed by atoms with van der Waals surface area (Å²) in [5.41, 5.74) is 1.16. The van der Waals surface area contributed by atoms with Crippen LogP contribution in [0.2, 0.25) is 5.02 Å². The minimum Gasteiger partial charge on any atom is -0.493 e. The van der Waals surface area contributed by atoms with Crippen molar-refractivity contribution in [2.45, 2.75) is 6.92 Å². The smallest absolute Gasteiger partial charge is 0.331 e. The highest BCUT2D eigenvalue weighted by molar-refractivity contribution is 9.10. The maximum atomic E-state index is 11.9. The van der Waals surface area contributed by atoms with Crippen molar-refractivity contribution in [2.75, 3.05) is 25.6 Å². The third kappa shape index (κ3) is 6.58. The van der Waals surface area contributed by atoms with Gasteiger partial charge in [0.25, 0.3) is 5.91 Å². The third-order valence-corrected chi connectivity index (χ3v) is 4.26. The molecule has 1 N–H and O–H groups in total. The number of methoxy groups -OCH3 is 1. The zero-order valence-corrected chi connectivity index (χ0v) is 17.7. The topological polar surface area (TPSA) is 73.9 Å². The zero-order chi connectivity index (χ0) is 20.5. The number of hydrogen-bond acceptors (Lipinski definition) is 5. The lowest BCUT2D eigenvalue weighted by atomic mass is 10.2. The molecule has 2 aromatic carbocycles. The van der Waals surface area contributed by atoms with Gasteiger partial charge in [0.05, 0.1) is 24.4 Å². The fourth-order valence-corrected chi connectivity index (χ4v) is 2.91. The van der Waals surface area contributed by atoms with Gasteiger partial charge in [-0.2, -0.15) is 0 Å². The fourth-order valence-electron chi connectivity index (χ4n) is 2.19. The molecule has 0 spiro atoms. The Kier molecular flexibility index (Phi) is 8.35. The molecule has 0 fully saturated rings. The third-order valence-electron chi connectivity index (χ3n) is 3.45. The van der Waals surface area contributed by atoms with E-state index in [0.29, 0.717) is 28.8 Å². The summed E-state index contributed by atoms with van der Waals surface area (Å²) in [6, 6.07) is 10.3. The van der Waals surface area contributed by atoms with Crippen molar-refractivity contribution in [3.05, 3.63) is 57.5 Å². The van der Waals surface area contributed by atoms with Gasteiger partial charge in [0.15, 0.2) is 18.1 Å². The molecule has 0 saturated carbocycles. The average Bonchev–Trinajstić information content (AvgIpc) is 2.68. The summed E-state index contributed by atoms with van der Waals surface area (Å²) < 4.78 is 16.4. The summed E-state index contributed by atoms with van der Waals surface area (Å²) in [5, 5.41) is 2.95. The second-order valence-corrected chi connectivity index (χ2v) is 6.78. The Labute approximate surface area is 176 Å². The van der Waals surface area contributed by atoms with Crippen molar-refractivity contribution in [3.63, 3.8) is 0 Å². The molecule has 0 heterocycles. The first-order valence-electron chi connectivity index (χ1n) is 8.33. The molecule has 0 bridgehead atoms. The molecule has 0 saturated heterocycles. The van der Waals surface area contributed by atoms with Crippen molar-refractivity contribution in [2.24, 2.45) is 0 Å². The summed E-state index contributed by atoms with van der Waals surface area (Å²) in [4.78, 5) is 23.7. The van der Waals surface area contributed by atoms with E-state index in [0.717, 1.165) is 10.0 Å². The van der Waals surface area contributed by atoms with E-state index in [-0.39, 0.29) is 0 Å². The van der Waals surface area contributed by atoms with Gasteiger partial charge in [0, 0.05) is 10.5 Å². The number of esters is 1. The van der Waals surface area contributed by atoms with Crippen LogP contribution in [-0.4, -0.2) is 32.2 Å². The van der Waals surface area contributed by atoms with Crippen LogP contribution in [-0.2, 0) is 14.3 Å². The van der Waals surface area contributed by atoms with Crippen molar-refractivity contribution < 1.29 is 23.8 Å². The Bertz CT molecular complexity index is 885. The van der Waals surface area contributed by atoms with E-state index in [1.807, 2.05) is 6.92 Å². The summed E-state index contributed by atoms with van der Waals surface area (Å²) >= 11 is 9.31. The number of rotatable bonds is 8. The highest BCUT2D eigenvalue weighted by Gasteiger charge is 2.09. The van der Waals surface area contributed by atoms with Gasteiger partial charge in [-0.3, -0.25) is 4.79 Å². The highest BCUT2D eigenvalue weighted by Crippen LogP contribution is 2.28. The maximum absolute atomic E-state index is 11.9. The number of benzene rings is 2. The van der Waals surface area contributed by atoms with Crippen LogP contribution in [0.3, 0.4) is 0 Å². The number of halogens is 2. The molecule has 0 aliphatic heterocycles. The van der Waals surface area contributed by atoms with Gasteiger partial charge >= 0.3 is 5.97 Å². The standard InChI is InChI=1S/C20H19BrClNO5/c1-3-27-17-8-4-13(10-18(17)26-2)5-9-20(25)28-12-19(24)23-16-7-6-14(21)11-15(16)22/h4-11H,3,12H2,1-2H3,(H,23,24)/b9-5+. The lowest BCUT2D eigenvalue weighted by Crippen LogP contribution is -2.20. The molecule has 0 unspecified atom stereocenters. The normalized spacial score (nSPS) is 10.6. The van der Waals surface area contributed by atoms with Crippen molar-refractivity contribution in [3.8, 4) is 11.5 Å². The van der Waals surface area contributed by atoms with Gasteiger partial charge in [-0.25, -0.2) is 4.79 Å². The summed E-state index contributed by atoms with van der Waals surface area (Å²) in [7, 11) is 1.54. The second kappa shape index (κ2) is 10.7. The second-order valence-electron chi connectivity index (χ2n) is 5.46. The predicted molar refractivity (Wildman–Crippen MR) is 112 cm³/mol. The first kappa shape index (κ1) is 21.8. The molecule has 0 aliphatic carbocycles. The van der Waals surface area contributed by atoms with Gasteiger partial charge in [-0.15, -0.1) is 0 Å². The van der Waals surface area contributed by atoms with Crippen LogP contribution in [0.15, 0.2) is 46.9 Å². The summed E-state index contributed by atoms with van der Waals surface area (Å²) in [6.45, 7) is 1.97. The van der Waals surface area contributed by atoms with Gasteiger partial charge in [-0.05, 0) is 48.9 Å². The number of carbonyl (C=O) groups is 2. The molecule has 0 aliphatic rings. The molecule has 0 aromatic heterocycles. The van der Waals surface area contributed by atoms with Crippen molar-refractivity contribution >= 4 is 51.2 Å². The Morgan fingerprint density at radius 3 is 2.64 bits per heavy atom. The molecular formula is C20H19BrClNO5. The molecule has 1 amide bonds. The summed E-state index contributed by atoms with van der Waals surface area (Å²) in [6.07, 6.45) is 2.79. The Balaban J connectivity index is 1.88. The van der Waals surface area contributed by atoms with E-state index in [1.165, 1.54) is 13.2 Å². The number of nitrogens with one attached hydrogen (secondary N) is 1. The first-order chi connectivity index (χ1) is 13.4.